The molecule has 106 valence electrons. The predicted octanol–water partition coefficient (Wildman–Crippen LogP) is 3.00. The third-order valence-corrected chi connectivity index (χ3v) is 4.49. The van der Waals surface area contributed by atoms with Gasteiger partial charge in [-0.25, -0.2) is 0 Å². The SMILES string of the molecule is CC1CN(C)CCCN1c1ccc([C@@H](C)N)cc1Br. The average Bonchev–Trinajstić information content (AvgIpc) is 2.50. The first-order chi connectivity index (χ1) is 8.99. The molecule has 0 radical (unpaired) electrons. The number of likely N-dealkylation sites (N-methyl/N-ethyl adjacent to an activating group) is 1. The van der Waals surface area contributed by atoms with E-state index in [4.69, 9.17) is 5.73 Å². The monoisotopic (exact) mass is 325 g/mol. The number of rotatable bonds is 2. The normalized spacial score (nSPS) is 23.2. The highest BCUT2D eigenvalue weighted by atomic mass is 79.9. The third kappa shape index (κ3) is 3.50. The van der Waals surface area contributed by atoms with Crippen LogP contribution in [0.25, 0.3) is 0 Å². The van der Waals surface area contributed by atoms with Crippen molar-refractivity contribution >= 4 is 21.6 Å². The minimum atomic E-state index is 0.0815. The van der Waals surface area contributed by atoms with Crippen molar-refractivity contribution in [1.29, 1.82) is 0 Å². The van der Waals surface area contributed by atoms with Gasteiger partial charge in [-0.1, -0.05) is 6.07 Å². The van der Waals surface area contributed by atoms with E-state index in [1.165, 1.54) is 24.2 Å². The van der Waals surface area contributed by atoms with Crippen molar-refractivity contribution in [3.63, 3.8) is 0 Å². The summed E-state index contributed by atoms with van der Waals surface area (Å²) < 4.78 is 1.15. The highest BCUT2D eigenvalue weighted by Gasteiger charge is 2.21. The largest absolute Gasteiger partial charge is 0.367 e. The summed E-state index contributed by atoms with van der Waals surface area (Å²) in [6.45, 7) is 7.72. The zero-order valence-corrected chi connectivity index (χ0v) is 13.7. The Morgan fingerprint density at radius 3 is 2.74 bits per heavy atom. The minimum Gasteiger partial charge on any atom is -0.367 e. The first-order valence-corrected chi connectivity index (χ1v) is 7.78. The highest BCUT2D eigenvalue weighted by Crippen LogP contribution is 2.31. The molecule has 2 atom stereocenters. The number of nitrogens with zero attached hydrogens (tertiary/aromatic N) is 2. The summed E-state index contributed by atoms with van der Waals surface area (Å²) in [7, 11) is 2.20. The molecule has 1 fully saturated rings. The Morgan fingerprint density at radius 1 is 1.37 bits per heavy atom. The molecule has 4 heteroatoms. The Bertz CT molecular complexity index is 433. The molecule has 0 saturated carbocycles. The fourth-order valence-corrected chi connectivity index (χ4v) is 3.39. The molecule has 1 unspecified atom stereocenters. The zero-order chi connectivity index (χ0) is 14.0. The maximum absolute atomic E-state index is 5.94. The fourth-order valence-electron chi connectivity index (χ4n) is 2.77. The second kappa shape index (κ2) is 6.25. The van der Waals surface area contributed by atoms with Crippen molar-refractivity contribution in [2.75, 3.05) is 31.6 Å². The van der Waals surface area contributed by atoms with Crippen LogP contribution in [0.5, 0.6) is 0 Å². The molecule has 19 heavy (non-hydrogen) atoms. The van der Waals surface area contributed by atoms with Crippen molar-refractivity contribution < 1.29 is 0 Å². The number of hydrogen-bond donors (Lipinski definition) is 1. The molecule has 1 aromatic carbocycles. The van der Waals surface area contributed by atoms with Gasteiger partial charge in [0.05, 0.1) is 5.69 Å². The second-order valence-corrected chi connectivity index (χ2v) is 6.51. The van der Waals surface area contributed by atoms with E-state index in [0.717, 1.165) is 17.6 Å². The van der Waals surface area contributed by atoms with E-state index in [2.05, 4.69) is 57.9 Å². The summed E-state index contributed by atoms with van der Waals surface area (Å²) in [6.07, 6.45) is 1.21. The summed E-state index contributed by atoms with van der Waals surface area (Å²) >= 11 is 3.71. The standard InChI is InChI=1S/C15H24BrN3/c1-11-10-18(3)7-4-8-19(11)15-6-5-13(12(2)17)9-14(15)16/h5-6,9,11-12H,4,7-8,10,17H2,1-3H3/t11?,12-/m1/s1. The summed E-state index contributed by atoms with van der Waals surface area (Å²) in [4.78, 5) is 4.91. The van der Waals surface area contributed by atoms with Gasteiger partial charge in [0.1, 0.15) is 0 Å². The minimum absolute atomic E-state index is 0.0815. The van der Waals surface area contributed by atoms with Crippen LogP contribution in [0.2, 0.25) is 0 Å². The fraction of sp³-hybridized carbons (Fsp3) is 0.600. The molecular formula is C15H24BrN3. The molecule has 2 rings (SSSR count). The Hall–Kier alpha value is -0.580. The highest BCUT2D eigenvalue weighted by molar-refractivity contribution is 9.10. The zero-order valence-electron chi connectivity index (χ0n) is 12.1. The van der Waals surface area contributed by atoms with E-state index >= 15 is 0 Å². The van der Waals surface area contributed by atoms with Gasteiger partial charge < -0.3 is 15.5 Å². The summed E-state index contributed by atoms with van der Waals surface area (Å²) in [6, 6.07) is 7.11. The van der Waals surface area contributed by atoms with Crippen LogP contribution < -0.4 is 10.6 Å². The molecule has 0 aromatic heterocycles. The summed E-state index contributed by atoms with van der Waals surface area (Å²) in [5.74, 6) is 0. The number of anilines is 1. The van der Waals surface area contributed by atoms with Crippen molar-refractivity contribution in [1.82, 2.24) is 4.90 Å². The quantitative estimate of drug-likeness (QED) is 0.907. The topological polar surface area (TPSA) is 32.5 Å². The lowest BCUT2D eigenvalue weighted by Gasteiger charge is -2.31. The van der Waals surface area contributed by atoms with Gasteiger partial charge in [-0.05, 0) is 67.5 Å². The third-order valence-electron chi connectivity index (χ3n) is 3.85. The van der Waals surface area contributed by atoms with Gasteiger partial charge in [0.2, 0.25) is 0 Å². The van der Waals surface area contributed by atoms with E-state index in [9.17, 15) is 0 Å². The molecule has 0 aliphatic carbocycles. The summed E-state index contributed by atoms with van der Waals surface area (Å²) in [5, 5.41) is 0. The van der Waals surface area contributed by atoms with Gasteiger partial charge in [0, 0.05) is 29.6 Å². The number of halogens is 1. The van der Waals surface area contributed by atoms with Gasteiger partial charge in [0.25, 0.3) is 0 Å². The number of benzene rings is 1. The van der Waals surface area contributed by atoms with E-state index in [1.807, 2.05) is 6.92 Å². The second-order valence-electron chi connectivity index (χ2n) is 5.66. The Balaban J connectivity index is 2.25. The van der Waals surface area contributed by atoms with Gasteiger partial charge in [0.15, 0.2) is 0 Å². The van der Waals surface area contributed by atoms with Crippen LogP contribution in [-0.4, -0.2) is 37.6 Å². The average molecular weight is 326 g/mol. The van der Waals surface area contributed by atoms with E-state index in [-0.39, 0.29) is 6.04 Å². The van der Waals surface area contributed by atoms with Crippen molar-refractivity contribution in [3.05, 3.63) is 28.2 Å². The van der Waals surface area contributed by atoms with Gasteiger partial charge in [-0.3, -0.25) is 0 Å². The number of nitrogens with two attached hydrogens (primary N) is 1. The Kier molecular flexibility index (Phi) is 4.87. The lowest BCUT2D eigenvalue weighted by Crippen LogP contribution is -2.38. The Labute approximate surface area is 124 Å². The first kappa shape index (κ1) is 14.8. The first-order valence-electron chi connectivity index (χ1n) is 6.99. The van der Waals surface area contributed by atoms with Crippen LogP contribution in [0.1, 0.15) is 31.9 Å². The molecular weight excluding hydrogens is 302 g/mol. The van der Waals surface area contributed by atoms with Gasteiger partial charge in [-0.2, -0.15) is 0 Å². The predicted molar refractivity (Wildman–Crippen MR) is 85.7 cm³/mol. The van der Waals surface area contributed by atoms with Crippen LogP contribution in [-0.2, 0) is 0 Å². The molecule has 0 amide bonds. The van der Waals surface area contributed by atoms with E-state index in [0.29, 0.717) is 6.04 Å². The van der Waals surface area contributed by atoms with Crippen molar-refractivity contribution in [2.24, 2.45) is 5.73 Å². The molecule has 0 bridgehead atoms. The van der Waals surface area contributed by atoms with Gasteiger partial charge in [-0.15, -0.1) is 0 Å². The lowest BCUT2D eigenvalue weighted by molar-refractivity contribution is 0.337. The van der Waals surface area contributed by atoms with Crippen LogP contribution in [0, 0.1) is 0 Å². The lowest BCUT2D eigenvalue weighted by atomic mass is 10.1. The van der Waals surface area contributed by atoms with Crippen molar-refractivity contribution in [3.8, 4) is 0 Å². The molecule has 1 aliphatic rings. The molecule has 3 nitrogen and oxygen atoms in total. The molecule has 1 heterocycles. The maximum Gasteiger partial charge on any atom is 0.0513 e. The summed E-state index contributed by atoms with van der Waals surface area (Å²) in [5.41, 5.74) is 8.40. The van der Waals surface area contributed by atoms with Gasteiger partial charge >= 0.3 is 0 Å². The van der Waals surface area contributed by atoms with Crippen molar-refractivity contribution in [2.45, 2.75) is 32.4 Å². The molecule has 1 aliphatic heterocycles. The van der Waals surface area contributed by atoms with E-state index < -0.39 is 0 Å². The van der Waals surface area contributed by atoms with Crippen LogP contribution in [0.15, 0.2) is 22.7 Å². The molecule has 0 spiro atoms. The van der Waals surface area contributed by atoms with E-state index in [1.54, 1.807) is 0 Å². The smallest absolute Gasteiger partial charge is 0.0513 e. The van der Waals surface area contributed by atoms with Crippen LogP contribution in [0.4, 0.5) is 5.69 Å². The van der Waals surface area contributed by atoms with Crippen LogP contribution in [0.3, 0.4) is 0 Å². The molecule has 2 N–H and O–H groups in total. The Morgan fingerprint density at radius 2 is 2.11 bits per heavy atom. The van der Waals surface area contributed by atoms with Crippen LogP contribution >= 0.6 is 15.9 Å². The molecule has 1 saturated heterocycles. The maximum atomic E-state index is 5.94. The molecule has 1 aromatic rings. The number of hydrogen-bond acceptors (Lipinski definition) is 3.